The van der Waals surface area contributed by atoms with E-state index in [2.05, 4.69) is 18.0 Å². The van der Waals surface area contributed by atoms with Crippen LogP contribution < -0.4 is 4.74 Å². The van der Waals surface area contributed by atoms with Gasteiger partial charge < -0.3 is 4.74 Å². The van der Waals surface area contributed by atoms with Crippen molar-refractivity contribution in [3.05, 3.63) is 51.1 Å². The van der Waals surface area contributed by atoms with E-state index in [4.69, 9.17) is 4.74 Å². The number of rotatable bonds is 5. The van der Waals surface area contributed by atoms with E-state index in [0.717, 1.165) is 21.5 Å². The van der Waals surface area contributed by atoms with Crippen molar-refractivity contribution in [1.82, 2.24) is 4.90 Å². The summed E-state index contributed by atoms with van der Waals surface area (Å²) < 4.78 is 5.45. The Morgan fingerprint density at radius 1 is 1.16 bits per heavy atom. The molecule has 1 aromatic heterocycles. The van der Waals surface area contributed by atoms with Crippen LogP contribution in [0.4, 0.5) is 5.69 Å². The van der Waals surface area contributed by atoms with Gasteiger partial charge in [-0.3, -0.25) is 9.69 Å². The number of carbonyl (C=O) groups is 1. The van der Waals surface area contributed by atoms with Crippen LogP contribution in [0.2, 0.25) is 0 Å². The summed E-state index contributed by atoms with van der Waals surface area (Å²) in [5.41, 5.74) is 0.811. The molecule has 1 saturated heterocycles. The summed E-state index contributed by atoms with van der Waals surface area (Å²) in [6, 6.07) is 11.7. The summed E-state index contributed by atoms with van der Waals surface area (Å²) in [5, 5.41) is 0.719. The number of aryl methyl sites for hydroxylation is 1. The monoisotopic (exact) mass is 372 g/mol. The Morgan fingerprint density at radius 3 is 2.52 bits per heavy atom. The molecule has 0 aliphatic carbocycles. The van der Waals surface area contributed by atoms with Crippen molar-refractivity contribution < 1.29 is 9.53 Å². The molecule has 0 radical (unpaired) electrons. The largest absolute Gasteiger partial charge is 0.494 e. The van der Waals surface area contributed by atoms with Gasteiger partial charge in [-0.2, -0.15) is 0 Å². The number of hydrogen-bond acceptors (Lipinski definition) is 5. The summed E-state index contributed by atoms with van der Waals surface area (Å²) in [4.78, 5) is 22.0. The normalized spacial score (nSPS) is 17.7. The Hall–Kier alpha value is -2.05. The second kappa shape index (κ2) is 7.89. The lowest BCUT2D eigenvalue weighted by Gasteiger charge is -2.12. The van der Waals surface area contributed by atoms with E-state index in [-0.39, 0.29) is 5.91 Å². The van der Waals surface area contributed by atoms with Crippen LogP contribution >= 0.6 is 23.1 Å². The smallest absolute Gasteiger partial charge is 0.266 e. The van der Waals surface area contributed by atoms with Gasteiger partial charge in [-0.05, 0) is 75.0 Å². The number of amidine groups is 1. The van der Waals surface area contributed by atoms with E-state index in [0.29, 0.717) is 18.1 Å². The fourth-order valence-electron chi connectivity index (χ4n) is 2.42. The van der Waals surface area contributed by atoms with Crippen molar-refractivity contribution in [2.45, 2.75) is 20.8 Å². The van der Waals surface area contributed by atoms with Gasteiger partial charge in [-0.25, -0.2) is 4.99 Å². The van der Waals surface area contributed by atoms with Crippen LogP contribution in [0.1, 0.15) is 23.6 Å². The maximum atomic E-state index is 12.6. The summed E-state index contributed by atoms with van der Waals surface area (Å²) in [5.74, 6) is 0.839. The lowest BCUT2D eigenvalue weighted by atomic mass is 10.3. The van der Waals surface area contributed by atoms with E-state index >= 15 is 0 Å². The number of ether oxygens (including phenoxy) is 1. The maximum Gasteiger partial charge on any atom is 0.266 e. The molecule has 0 bridgehead atoms. The molecule has 0 atom stereocenters. The highest BCUT2D eigenvalue weighted by atomic mass is 32.2. The van der Waals surface area contributed by atoms with Gasteiger partial charge in [0.25, 0.3) is 5.91 Å². The third-order valence-corrected chi connectivity index (χ3v) is 5.57. The standard InChI is InChI=1S/C19H20N2O2S2/c1-4-21-18(22)17(12-16-11-6-13(3)24-16)25-19(21)20-14-7-9-15(10-8-14)23-5-2/h6-12H,4-5H2,1-3H3. The van der Waals surface area contributed by atoms with Crippen LogP contribution in [-0.2, 0) is 4.79 Å². The van der Waals surface area contributed by atoms with Gasteiger partial charge in [0.15, 0.2) is 5.17 Å². The lowest BCUT2D eigenvalue weighted by Crippen LogP contribution is -2.28. The minimum absolute atomic E-state index is 0.0169. The Labute approximate surface area is 156 Å². The van der Waals surface area contributed by atoms with Crippen LogP contribution in [0, 0.1) is 6.92 Å². The predicted octanol–water partition coefficient (Wildman–Crippen LogP) is 5.08. The average Bonchev–Trinajstić information content (AvgIpc) is 3.13. The van der Waals surface area contributed by atoms with Gasteiger partial charge in [0, 0.05) is 16.3 Å². The van der Waals surface area contributed by atoms with Crippen LogP contribution in [-0.4, -0.2) is 29.1 Å². The Kier molecular flexibility index (Phi) is 5.60. The predicted molar refractivity (Wildman–Crippen MR) is 107 cm³/mol. The first kappa shape index (κ1) is 17.8. The quantitative estimate of drug-likeness (QED) is 0.687. The van der Waals surface area contributed by atoms with Crippen molar-refractivity contribution >= 4 is 45.9 Å². The van der Waals surface area contributed by atoms with E-state index in [1.807, 2.05) is 50.3 Å². The molecule has 2 aromatic rings. The number of thiophene rings is 1. The molecule has 1 amide bonds. The zero-order chi connectivity index (χ0) is 17.8. The van der Waals surface area contributed by atoms with Gasteiger partial charge in [0.2, 0.25) is 0 Å². The summed E-state index contributed by atoms with van der Waals surface area (Å²) in [6.07, 6.45) is 1.95. The van der Waals surface area contributed by atoms with E-state index in [1.165, 1.54) is 16.6 Å². The van der Waals surface area contributed by atoms with Crippen molar-refractivity contribution in [1.29, 1.82) is 0 Å². The second-order valence-corrected chi connectivity index (χ2v) is 7.76. The van der Waals surface area contributed by atoms with Crippen molar-refractivity contribution in [3.8, 4) is 5.75 Å². The topological polar surface area (TPSA) is 41.9 Å². The number of carbonyl (C=O) groups excluding carboxylic acids is 1. The van der Waals surface area contributed by atoms with Gasteiger partial charge in [-0.1, -0.05) is 0 Å². The average molecular weight is 373 g/mol. The third-order valence-electron chi connectivity index (χ3n) is 3.61. The van der Waals surface area contributed by atoms with Crippen LogP contribution in [0.5, 0.6) is 5.75 Å². The van der Waals surface area contributed by atoms with Crippen molar-refractivity contribution in [2.75, 3.05) is 13.2 Å². The number of benzene rings is 1. The maximum absolute atomic E-state index is 12.6. The summed E-state index contributed by atoms with van der Waals surface area (Å²) in [7, 11) is 0. The zero-order valence-electron chi connectivity index (χ0n) is 14.5. The zero-order valence-corrected chi connectivity index (χ0v) is 16.1. The molecule has 25 heavy (non-hydrogen) atoms. The molecule has 0 N–H and O–H groups in total. The van der Waals surface area contributed by atoms with Crippen molar-refractivity contribution in [2.24, 2.45) is 4.99 Å². The number of aliphatic imine (C=N–C) groups is 1. The van der Waals surface area contributed by atoms with Gasteiger partial charge in [-0.15, -0.1) is 11.3 Å². The molecular formula is C19H20N2O2S2. The first-order valence-electron chi connectivity index (χ1n) is 8.20. The SMILES string of the molecule is CCOc1ccc(N=C2SC(=Cc3ccc(C)s3)C(=O)N2CC)cc1. The van der Waals surface area contributed by atoms with Crippen LogP contribution in [0.25, 0.3) is 6.08 Å². The summed E-state index contributed by atoms with van der Waals surface area (Å²) >= 11 is 3.11. The number of thioether (sulfide) groups is 1. The van der Waals surface area contributed by atoms with Gasteiger partial charge in [0.05, 0.1) is 17.2 Å². The molecular weight excluding hydrogens is 352 g/mol. The molecule has 2 heterocycles. The fourth-order valence-corrected chi connectivity index (χ4v) is 4.37. The second-order valence-electron chi connectivity index (χ2n) is 5.43. The number of nitrogens with zero attached hydrogens (tertiary/aromatic N) is 2. The Balaban J connectivity index is 1.85. The molecule has 1 aliphatic rings. The Morgan fingerprint density at radius 2 is 1.92 bits per heavy atom. The molecule has 1 aliphatic heterocycles. The third kappa shape index (κ3) is 4.14. The number of hydrogen-bond donors (Lipinski definition) is 0. The molecule has 1 fully saturated rings. The minimum atomic E-state index is 0.0169. The van der Waals surface area contributed by atoms with Gasteiger partial charge in [0.1, 0.15) is 5.75 Å². The highest BCUT2D eigenvalue weighted by Crippen LogP contribution is 2.35. The first-order valence-corrected chi connectivity index (χ1v) is 9.83. The summed E-state index contributed by atoms with van der Waals surface area (Å²) in [6.45, 7) is 7.22. The van der Waals surface area contributed by atoms with Crippen LogP contribution in [0.15, 0.2) is 46.3 Å². The van der Waals surface area contributed by atoms with Gasteiger partial charge >= 0.3 is 0 Å². The minimum Gasteiger partial charge on any atom is -0.494 e. The molecule has 0 unspecified atom stereocenters. The molecule has 1 aromatic carbocycles. The van der Waals surface area contributed by atoms with E-state index < -0.39 is 0 Å². The molecule has 6 heteroatoms. The lowest BCUT2D eigenvalue weighted by molar-refractivity contribution is -0.122. The van der Waals surface area contributed by atoms with Crippen LogP contribution in [0.3, 0.4) is 0 Å². The fraction of sp³-hybridized carbons (Fsp3) is 0.263. The Bertz CT molecular complexity index is 822. The first-order chi connectivity index (χ1) is 12.1. The highest BCUT2D eigenvalue weighted by Gasteiger charge is 2.32. The molecule has 3 rings (SSSR count). The molecule has 4 nitrogen and oxygen atoms in total. The van der Waals surface area contributed by atoms with E-state index in [1.54, 1.807) is 16.2 Å². The highest BCUT2D eigenvalue weighted by molar-refractivity contribution is 8.18. The molecule has 130 valence electrons. The number of likely N-dealkylation sites (N-methyl/N-ethyl adjacent to an activating group) is 1. The molecule has 0 saturated carbocycles. The molecule has 0 spiro atoms. The van der Waals surface area contributed by atoms with Crippen molar-refractivity contribution in [3.63, 3.8) is 0 Å². The van der Waals surface area contributed by atoms with E-state index in [9.17, 15) is 4.79 Å². The number of amides is 1.